The number of hydrogen-bond acceptors (Lipinski definition) is 5. The lowest BCUT2D eigenvalue weighted by atomic mass is 9.97. The van der Waals surface area contributed by atoms with Crippen molar-refractivity contribution in [1.29, 1.82) is 0 Å². The van der Waals surface area contributed by atoms with Crippen molar-refractivity contribution in [2.24, 2.45) is 5.92 Å². The van der Waals surface area contributed by atoms with Crippen LogP contribution in [0, 0.1) is 5.92 Å². The van der Waals surface area contributed by atoms with Crippen molar-refractivity contribution in [3.63, 3.8) is 0 Å². The Balaban J connectivity index is 1.60. The zero-order valence-electron chi connectivity index (χ0n) is 14.1. The van der Waals surface area contributed by atoms with Crippen LogP contribution in [0.2, 0.25) is 0 Å². The van der Waals surface area contributed by atoms with Gasteiger partial charge in [0.15, 0.2) is 0 Å². The van der Waals surface area contributed by atoms with Crippen molar-refractivity contribution in [3.05, 3.63) is 47.3 Å². The quantitative estimate of drug-likeness (QED) is 0.807. The average Bonchev–Trinajstić information content (AvgIpc) is 2.63. The predicted molar refractivity (Wildman–Crippen MR) is 92.8 cm³/mol. The Labute approximate surface area is 142 Å². The molecule has 24 heavy (non-hydrogen) atoms. The molecule has 1 fully saturated rings. The summed E-state index contributed by atoms with van der Waals surface area (Å²) in [5.41, 5.74) is 1.55. The summed E-state index contributed by atoms with van der Waals surface area (Å²) >= 11 is 0. The molecule has 0 N–H and O–H groups in total. The molecular formula is C18H24N4O2. The van der Waals surface area contributed by atoms with E-state index in [1.165, 1.54) is 0 Å². The molecule has 1 saturated heterocycles. The zero-order valence-corrected chi connectivity index (χ0v) is 14.1. The van der Waals surface area contributed by atoms with Crippen molar-refractivity contribution in [2.75, 3.05) is 33.4 Å². The monoisotopic (exact) mass is 328 g/mol. The van der Waals surface area contributed by atoms with Gasteiger partial charge in [-0.1, -0.05) is 0 Å². The number of ether oxygens (including phenoxy) is 1. The molecular weight excluding hydrogens is 304 g/mol. The molecule has 6 nitrogen and oxygen atoms in total. The van der Waals surface area contributed by atoms with Crippen LogP contribution in [0.1, 0.15) is 12.8 Å². The van der Waals surface area contributed by atoms with E-state index in [1.807, 2.05) is 12.1 Å². The molecule has 1 aliphatic heterocycles. The van der Waals surface area contributed by atoms with Crippen LogP contribution < -0.4 is 5.56 Å². The molecule has 128 valence electrons. The smallest absolute Gasteiger partial charge is 0.253 e. The Morgan fingerprint density at radius 3 is 2.83 bits per heavy atom. The van der Waals surface area contributed by atoms with E-state index in [0.717, 1.165) is 51.2 Å². The van der Waals surface area contributed by atoms with Crippen molar-refractivity contribution < 1.29 is 4.74 Å². The molecule has 0 unspecified atom stereocenters. The summed E-state index contributed by atoms with van der Waals surface area (Å²) in [4.78, 5) is 23.3. The molecule has 2 aromatic heterocycles. The normalized spacial score (nSPS) is 16.4. The van der Waals surface area contributed by atoms with Crippen LogP contribution >= 0.6 is 0 Å². The van der Waals surface area contributed by atoms with Crippen LogP contribution in [-0.4, -0.2) is 52.8 Å². The molecule has 3 rings (SSSR count). The van der Waals surface area contributed by atoms with E-state index in [9.17, 15) is 4.79 Å². The van der Waals surface area contributed by atoms with Crippen LogP contribution in [0.4, 0.5) is 0 Å². The first-order valence-corrected chi connectivity index (χ1v) is 8.44. The summed E-state index contributed by atoms with van der Waals surface area (Å²) < 4.78 is 6.86. The van der Waals surface area contributed by atoms with Gasteiger partial charge in [0.25, 0.3) is 5.56 Å². The molecule has 0 aromatic carbocycles. The third-order valence-corrected chi connectivity index (χ3v) is 4.61. The molecule has 0 aliphatic carbocycles. The van der Waals surface area contributed by atoms with E-state index in [4.69, 9.17) is 4.74 Å². The first kappa shape index (κ1) is 16.8. The van der Waals surface area contributed by atoms with Gasteiger partial charge in [-0.05, 0) is 44.0 Å². The highest BCUT2D eigenvalue weighted by Crippen LogP contribution is 2.19. The number of hydrogen-bond donors (Lipinski definition) is 0. The molecule has 0 atom stereocenters. The highest BCUT2D eigenvalue weighted by Gasteiger charge is 2.19. The summed E-state index contributed by atoms with van der Waals surface area (Å²) in [5.74, 6) is 0.535. The predicted octanol–water partition coefficient (Wildman–Crippen LogP) is 1.66. The standard InChI is InChI=1S/C18H24N4O2/c1-24-10-9-21-7-4-15(5-8-21)13-22-14-20-17(11-18(22)23)16-3-2-6-19-12-16/h2-3,6,11-12,14-15H,4-5,7-10,13H2,1H3. The van der Waals surface area contributed by atoms with Crippen LogP contribution in [0.5, 0.6) is 0 Å². The Kier molecular flexibility index (Phi) is 5.72. The Morgan fingerprint density at radius 1 is 1.33 bits per heavy atom. The van der Waals surface area contributed by atoms with Gasteiger partial charge in [0.1, 0.15) is 0 Å². The number of likely N-dealkylation sites (tertiary alicyclic amines) is 1. The largest absolute Gasteiger partial charge is 0.383 e. The molecule has 0 bridgehead atoms. The van der Waals surface area contributed by atoms with Gasteiger partial charge < -0.3 is 9.64 Å². The maximum absolute atomic E-state index is 12.4. The first-order chi connectivity index (χ1) is 11.8. The summed E-state index contributed by atoms with van der Waals surface area (Å²) in [7, 11) is 1.74. The maximum Gasteiger partial charge on any atom is 0.253 e. The molecule has 0 saturated carbocycles. The highest BCUT2D eigenvalue weighted by atomic mass is 16.5. The molecule has 3 heterocycles. The third-order valence-electron chi connectivity index (χ3n) is 4.61. The van der Waals surface area contributed by atoms with E-state index < -0.39 is 0 Å². The van der Waals surface area contributed by atoms with Crippen molar-refractivity contribution >= 4 is 0 Å². The number of nitrogens with zero attached hydrogens (tertiary/aromatic N) is 4. The minimum absolute atomic E-state index is 0.00525. The number of rotatable bonds is 6. The van der Waals surface area contributed by atoms with E-state index in [0.29, 0.717) is 11.6 Å². The van der Waals surface area contributed by atoms with E-state index in [2.05, 4.69) is 14.9 Å². The van der Waals surface area contributed by atoms with Gasteiger partial charge in [0, 0.05) is 44.2 Å². The van der Waals surface area contributed by atoms with Gasteiger partial charge in [-0.2, -0.15) is 0 Å². The van der Waals surface area contributed by atoms with Gasteiger partial charge in [-0.15, -0.1) is 0 Å². The van der Waals surface area contributed by atoms with Crippen molar-refractivity contribution in [1.82, 2.24) is 19.4 Å². The minimum atomic E-state index is 0.00525. The van der Waals surface area contributed by atoms with Crippen LogP contribution in [0.15, 0.2) is 41.7 Å². The fourth-order valence-electron chi connectivity index (χ4n) is 3.13. The van der Waals surface area contributed by atoms with Gasteiger partial charge in [0.05, 0.1) is 18.6 Å². The summed E-state index contributed by atoms with van der Waals surface area (Å²) in [6.07, 6.45) is 7.33. The summed E-state index contributed by atoms with van der Waals surface area (Å²) in [6, 6.07) is 5.36. The molecule has 1 aliphatic rings. The lowest BCUT2D eigenvalue weighted by Gasteiger charge is -2.31. The Morgan fingerprint density at radius 2 is 2.17 bits per heavy atom. The second-order valence-corrected chi connectivity index (χ2v) is 6.28. The van der Waals surface area contributed by atoms with Gasteiger partial charge in [0.2, 0.25) is 0 Å². The Bertz CT molecular complexity index is 694. The number of piperidine rings is 1. The summed E-state index contributed by atoms with van der Waals surface area (Å²) in [6.45, 7) is 4.67. The lowest BCUT2D eigenvalue weighted by molar-refractivity contribution is 0.116. The third kappa shape index (κ3) is 4.27. The second kappa shape index (κ2) is 8.17. The van der Waals surface area contributed by atoms with E-state index in [1.54, 1.807) is 36.5 Å². The first-order valence-electron chi connectivity index (χ1n) is 8.44. The zero-order chi connectivity index (χ0) is 16.8. The highest BCUT2D eigenvalue weighted by molar-refractivity contribution is 5.56. The van der Waals surface area contributed by atoms with Crippen LogP contribution in [0.25, 0.3) is 11.3 Å². The van der Waals surface area contributed by atoms with Gasteiger partial charge >= 0.3 is 0 Å². The summed E-state index contributed by atoms with van der Waals surface area (Å²) in [5, 5.41) is 0. The van der Waals surface area contributed by atoms with Gasteiger partial charge in [-0.25, -0.2) is 4.98 Å². The average molecular weight is 328 g/mol. The second-order valence-electron chi connectivity index (χ2n) is 6.28. The lowest BCUT2D eigenvalue weighted by Crippen LogP contribution is -2.37. The van der Waals surface area contributed by atoms with E-state index in [-0.39, 0.29) is 5.56 Å². The Hall–Kier alpha value is -2.05. The fourth-order valence-corrected chi connectivity index (χ4v) is 3.13. The molecule has 0 spiro atoms. The molecule has 6 heteroatoms. The molecule has 2 aromatic rings. The van der Waals surface area contributed by atoms with Crippen LogP contribution in [-0.2, 0) is 11.3 Å². The van der Waals surface area contributed by atoms with Crippen molar-refractivity contribution in [2.45, 2.75) is 19.4 Å². The molecule has 0 amide bonds. The van der Waals surface area contributed by atoms with Gasteiger partial charge in [-0.3, -0.25) is 14.3 Å². The number of methoxy groups -OCH3 is 1. The fraction of sp³-hybridized carbons (Fsp3) is 0.500. The SMILES string of the molecule is COCCN1CCC(Cn2cnc(-c3cccnc3)cc2=O)CC1. The van der Waals surface area contributed by atoms with E-state index >= 15 is 0 Å². The maximum atomic E-state index is 12.4. The number of aromatic nitrogens is 3. The topological polar surface area (TPSA) is 60.2 Å². The van der Waals surface area contributed by atoms with Crippen LogP contribution in [0.3, 0.4) is 0 Å². The minimum Gasteiger partial charge on any atom is -0.383 e. The number of pyridine rings is 1. The molecule has 0 radical (unpaired) electrons. The van der Waals surface area contributed by atoms with Crippen molar-refractivity contribution in [3.8, 4) is 11.3 Å².